The molecule has 0 rings (SSSR count). The minimum absolute atomic E-state index is 0.0817. The van der Waals surface area contributed by atoms with Crippen LogP contribution < -0.4 is 5.32 Å². The van der Waals surface area contributed by atoms with Crippen molar-refractivity contribution >= 4 is 11.9 Å². The second-order valence-corrected chi connectivity index (χ2v) is 7.32. The maximum atomic E-state index is 11.2. The number of nitrogens with one attached hydrogen (secondary N) is 1. The molecule has 4 nitrogen and oxygen atoms in total. The quantitative estimate of drug-likeness (QED) is 0.246. The molecule has 0 saturated heterocycles. The van der Waals surface area contributed by atoms with Crippen LogP contribution in [0.3, 0.4) is 0 Å². The van der Waals surface area contributed by atoms with Crippen LogP contribution >= 0.6 is 0 Å². The molecule has 0 aliphatic carbocycles. The van der Waals surface area contributed by atoms with Gasteiger partial charge in [-0.3, -0.25) is 9.59 Å². The number of hydrogen-bond acceptors (Lipinski definition) is 2. The highest BCUT2D eigenvalue weighted by Crippen LogP contribution is 2.14. The molecule has 2 N–H and O–H groups in total. The Morgan fingerprint density at radius 3 is 1.23 bits per heavy atom. The summed E-state index contributed by atoms with van der Waals surface area (Å²) in [6, 6.07) is 0. The monoisotopic (exact) mass is 367 g/mol. The molecule has 0 saturated carbocycles. The van der Waals surface area contributed by atoms with E-state index < -0.39 is 5.97 Å². The van der Waals surface area contributed by atoms with Crippen LogP contribution in [0.25, 0.3) is 0 Å². The molecule has 0 spiro atoms. The first-order valence-electron chi connectivity index (χ1n) is 10.8. The van der Waals surface area contributed by atoms with Gasteiger partial charge in [0.1, 0.15) is 0 Å². The summed E-state index contributed by atoms with van der Waals surface area (Å²) in [6.07, 6.45) is 22.2. The molecule has 0 aliphatic heterocycles. The van der Waals surface area contributed by atoms with Gasteiger partial charge in [0.25, 0.3) is 0 Å². The molecule has 0 heterocycles. The third-order valence-corrected chi connectivity index (χ3v) is 4.81. The summed E-state index contributed by atoms with van der Waals surface area (Å²) >= 11 is 0. The van der Waals surface area contributed by atoms with Crippen LogP contribution in [0.5, 0.6) is 0 Å². The molecule has 0 bridgehead atoms. The zero-order valence-corrected chi connectivity index (χ0v) is 16.8. The normalized spacial score (nSPS) is 10.6. The molecule has 0 radical (unpaired) electrons. The van der Waals surface area contributed by atoms with Gasteiger partial charge < -0.3 is 10.4 Å². The molecule has 0 unspecified atom stereocenters. The van der Waals surface area contributed by atoms with E-state index in [-0.39, 0.29) is 5.91 Å². The molecule has 26 heavy (non-hydrogen) atoms. The molecule has 0 aliphatic rings. The molecule has 0 aromatic heterocycles. The number of carboxylic acid groups (broad SMARTS) is 1. The Balaban J connectivity index is 3.06. The lowest BCUT2D eigenvalue weighted by Crippen LogP contribution is -2.15. The highest BCUT2D eigenvalue weighted by Gasteiger charge is 1.99. The highest BCUT2D eigenvalue weighted by molar-refractivity contribution is 5.76. The van der Waals surface area contributed by atoms with E-state index in [1.54, 1.807) is 0 Å². The molecule has 0 aromatic rings. The number of unbranched alkanes of at least 4 members (excludes halogenated alkanes) is 15. The minimum atomic E-state index is -0.668. The van der Waals surface area contributed by atoms with E-state index in [1.807, 2.05) is 0 Å². The fourth-order valence-electron chi connectivity index (χ4n) is 3.22. The summed E-state index contributed by atoms with van der Waals surface area (Å²) in [7, 11) is 0. The number of amides is 1. The Morgan fingerprint density at radius 2 is 0.923 bits per heavy atom. The van der Waals surface area contributed by atoms with Crippen LogP contribution in [0.15, 0.2) is 12.8 Å². The first kappa shape index (κ1) is 24.7. The van der Waals surface area contributed by atoms with Crippen LogP contribution in [0.4, 0.5) is 0 Å². The molecule has 4 heteroatoms. The summed E-state index contributed by atoms with van der Waals surface area (Å²) in [5.74, 6) is -0.587. The molecule has 0 aromatic carbocycles. The van der Waals surface area contributed by atoms with Crippen molar-refractivity contribution in [2.45, 2.75) is 116 Å². The van der Waals surface area contributed by atoms with Crippen molar-refractivity contribution in [2.75, 3.05) is 0 Å². The van der Waals surface area contributed by atoms with E-state index >= 15 is 0 Å². The van der Waals surface area contributed by atoms with Crippen molar-refractivity contribution in [3.63, 3.8) is 0 Å². The summed E-state index contributed by atoms with van der Waals surface area (Å²) in [5, 5.41) is 11.2. The first-order valence-corrected chi connectivity index (χ1v) is 10.8. The summed E-state index contributed by atoms with van der Waals surface area (Å²) in [4.78, 5) is 21.6. The molecule has 1 amide bonds. The number of carboxylic acids is 1. The van der Waals surface area contributed by atoms with E-state index in [2.05, 4.69) is 11.9 Å². The van der Waals surface area contributed by atoms with Crippen LogP contribution in [-0.4, -0.2) is 17.0 Å². The van der Waals surface area contributed by atoms with Gasteiger partial charge in [0.2, 0.25) is 5.91 Å². The average molecular weight is 368 g/mol. The highest BCUT2D eigenvalue weighted by atomic mass is 16.4. The van der Waals surface area contributed by atoms with Crippen molar-refractivity contribution < 1.29 is 14.7 Å². The van der Waals surface area contributed by atoms with Gasteiger partial charge in [-0.1, -0.05) is 96.5 Å². The van der Waals surface area contributed by atoms with E-state index in [0.29, 0.717) is 12.8 Å². The summed E-state index contributed by atoms with van der Waals surface area (Å²) in [6.45, 7) is 3.48. The zero-order chi connectivity index (χ0) is 19.3. The maximum absolute atomic E-state index is 11.2. The molecular weight excluding hydrogens is 326 g/mol. The summed E-state index contributed by atoms with van der Waals surface area (Å²) < 4.78 is 0. The lowest BCUT2D eigenvalue weighted by Gasteiger charge is -2.04. The van der Waals surface area contributed by atoms with Crippen molar-refractivity contribution in [2.24, 2.45) is 0 Å². The SMILES string of the molecule is C=CNC(=O)CCCCCCCCCCCCCCCCCCC(=O)O. The third kappa shape index (κ3) is 20.7. The second kappa shape index (κ2) is 20.0. The third-order valence-electron chi connectivity index (χ3n) is 4.81. The minimum Gasteiger partial charge on any atom is -0.481 e. The van der Waals surface area contributed by atoms with Crippen LogP contribution in [0.2, 0.25) is 0 Å². The van der Waals surface area contributed by atoms with Gasteiger partial charge in [0.05, 0.1) is 0 Å². The molecular formula is C22H41NO3. The van der Waals surface area contributed by atoms with Crippen LogP contribution in [0, 0.1) is 0 Å². The Hall–Kier alpha value is -1.32. The molecule has 0 atom stereocenters. The fraction of sp³-hybridized carbons (Fsp3) is 0.818. The number of carbonyl (C=O) groups excluding carboxylic acids is 1. The van der Waals surface area contributed by atoms with Gasteiger partial charge >= 0.3 is 5.97 Å². The van der Waals surface area contributed by atoms with E-state index in [4.69, 9.17) is 5.11 Å². The number of carbonyl (C=O) groups is 2. The maximum Gasteiger partial charge on any atom is 0.303 e. The lowest BCUT2D eigenvalue weighted by molar-refractivity contribution is -0.137. The second-order valence-electron chi connectivity index (χ2n) is 7.32. The van der Waals surface area contributed by atoms with Crippen molar-refractivity contribution in [1.29, 1.82) is 0 Å². The van der Waals surface area contributed by atoms with Crippen LogP contribution in [-0.2, 0) is 9.59 Å². The van der Waals surface area contributed by atoms with Gasteiger partial charge in [-0.15, -0.1) is 0 Å². The van der Waals surface area contributed by atoms with E-state index in [9.17, 15) is 9.59 Å². The standard InChI is InChI=1S/C22H41NO3/c1-2-23-21(24)19-17-15-13-11-9-7-5-3-4-6-8-10-12-14-16-18-20-22(25)26/h2H,1,3-20H2,(H,23,24)(H,25,26). The Bertz CT molecular complexity index is 355. The average Bonchev–Trinajstić information content (AvgIpc) is 2.60. The van der Waals surface area contributed by atoms with Crippen molar-refractivity contribution in [3.8, 4) is 0 Å². The first-order chi connectivity index (χ1) is 12.7. The molecule has 0 fully saturated rings. The Kier molecular flexibility index (Phi) is 19.0. The van der Waals surface area contributed by atoms with E-state index in [1.165, 1.54) is 83.2 Å². The fourth-order valence-corrected chi connectivity index (χ4v) is 3.22. The largest absolute Gasteiger partial charge is 0.481 e. The van der Waals surface area contributed by atoms with Gasteiger partial charge in [-0.05, 0) is 19.0 Å². The summed E-state index contributed by atoms with van der Waals surface area (Å²) in [5.41, 5.74) is 0. The Labute approximate surface area is 160 Å². The van der Waals surface area contributed by atoms with Crippen molar-refractivity contribution in [3.05, 3.63) is 12.8 Å². The number of rotatable bonds is 20. The number of aliphatic carboxylic acids is 1. The zero-order valence-electron chi connectivity index (χ0n) is 16.8. The van der Waals surface area contributed by atoms with Gasteiger partial charge in [0, 0.05) is 12.8 Å². The van der Waals surface area contributed by atoms with Gasteiger partial charge in [0.15, 0.2) is 0 Å². The van der Waals surface area contributed by atoms with E-state index in [0.717, 1.165) is 25.7 Å². The predicted molar refractivity (Wildman–Crippen MR) is 109 cm³/mol. The lowest BCUT2D eigenvalue weighted by atomic mass is 10.0. The van der Waals surface area contributed by atoms with Gasteiger partial charge in [-0.25, -0.2) is 0 Å². The Morgan fingerprint density at radius 1 is 0.615 bits per heavy atom. The number of hydrogen-bond donors (Lipinski definition) is 2. The molecule has 152 valence electrons. The van der Waals surface area contributed by atoms with Crippen LogP contribution in [0.1, 0.15) is 116 Å². The smallest absolute Gasteiger partial charge is 0.303 e. The topological polar surface area (TPSA) is 66.4 Å². The van der Waals surface area contributed by atoms with Crippen molar-refractivity contribution in [1.82, 2.24) is 5.32 Å². The predicted octanol–water partition coefficient (Wildman–Crippen LogP) is 6.35. The van der Waals surface area contributed by atoms with Gasteiger partial charge in [-0.2, -0.15) is 0 Å².